The van der Waals surface area contributed by atoms with E-state index in [9.17, 15) is 0 Å². The van der Waals surface area contributed by atoms with Crippen LogP contribution in [0.15, 0.2) is 210 Å². The lowest BCUT2D eigenvalue weighted by atomic mass is 9.76. The molecule has 322 valence electrons. The molecule has 0 N–H and O–H groups in total. The molecule has 68 heavy (non-hydrogen) atoms. The molecule has 2 aliphatic rings. The molecule has 0 radical (unpaired) electrons. The summed E-state index contributed by atoms with van der Waals surface area (Å²) in [4.78, 5) is 20.4. The molecule has 14 rings (SSSR count). The number of fused-ring (bicyclic) bond motifs is 11. The van der Waals surface area contributed by atoms with Crippen LogP contribution in [0.5, 0.6) is 0 Å². The fraction of sp³-hybridized carbons (Fsp3) is 0.0820. The van der Waals surface area contributed by atoms with Crippen molar-refractivity contribution in [2.45, 2.75) is 25.3 Å². The summed E-state index contributed by atoms with van der Waals surface area (Å²) in [6, 6.07) is 68.0. The SMILES string of the molecule is Cc1c2n(c3ccc(C4C=NC(n5c6ccccc6c6ccccc65)=NC4)cc13)C(c1ccccc1)(c1ccccc1)c1cc(-c3cnc(-n4c5ccccc5c5c(C)cccc54)nc3)ccc1-2. The quantitative estimate of drug-likeness (QED) is 0.173. The molecule has 0 saturated heterocycles. The van der Waals surface area contributed by atoms with E-state index in [1.54, 1.807) is 0 Å². The molecule has 0 bridgehead atoms. The summed E-state index contributed by atoms with van der Waals surface area (Å²) in [7, 11) is 0. The van der Waals surface area contributed by atoms with Crippen molar-refractivity contribution in [2.24, 2.45) is 9.98 Å². The molecular weight excluding hydrogens is 831 g/mol. The number of nitrogens with zero attached hydrogens (tertiary/aromatic N) is 7. The van der Waals surface area contributed by atoms with Gasteiger partial charge in [0.15, 0.2) is 0 Å². The van der Waals surface area contributed by atoms with E-state index in [1.165, 1.54) is 77.1 Å². The minimum Gasteiger partial charge on any atom is -0.322 e. The molecule has 7 heteroatoms. The van der Waals surface area contributed by atoms with E-state index in [2.05, 4.69) is 222 Å². The molecule has 0 amide bonds. The Morgan fingerprint density at radius 2 is 1.13 bits per heavy atom. The Bertz CT molecular complexity index is 3980. The van der Waals surface area contributed by atoms with E-state index >= 15 is 0 Å². The average Bonchev–Trinajstić information content (AvgIpc) is 4.11. The number of hydrogen-bond donors (Lipinski definition) is 0. The summed E-state index contributed by atoms with van der Waals surface area (Å²) >= 11 is 0. The minimum absolute atomic E-state index is 0.0425. The molecule has 1 unspecified atom stereocenters. The van der Waals surface area contributed by atoms with Gasteiger partial charge >= 0.3 is 0 Å². The number of aliphatic imine (C=N–C) groups is 2. The van der Waals surface area contributed by atoms with Gasteiger partial charge in [-0.3, -0.25) is 9.13 Å². The van der Waals surface area contributed by atoms with E-state index in [1.807, 2.05) is 12.4 Å². The van der Waals surface area contributed by atoms with Crippen molar-refractivity contribution in [3.8, 4) is 28.3 Å². The van der Waals surface area contributed by atoms with Crippen molar-refractivity contribution < 1.29 is 0 Å². The highest BCUT2D eigenvalue weighted by Gasteiger charge is 2.48. The van der Waals surface area contributed by atoms with Gasteiger partial charge in [0.25, 0.3) is 0 Å². The molecule has 12 aromatic rings. The van der Waals surface area contributed by atoms with E-state index in [-0.39, 0.29) is 5.92 Å². The first kappa shape index (κ1) is 38.6. The normalized spacial score (nSPS) is 15.1. The van der Waals surface area contributed by atoms with Crippen LogP contribution in [0.25, 0.3) is 82.8 Å². The van der Waals surface area contributed by atoms with Crippen LogP contribution in [0.2, 0.25) is 0 Å². The number of hydrogen-bond acceptors (Lipinski definition) is 4. The summed E-state index contributed by atoms with van der Waals surface area (Å²) in [5, 5.41) is 6.09. The second kappa shape index (κ2) is 14.7. The highest BCUT2D eigenvalue weighted by Crippen LogP contribution is 2.56. The van der Waals surface area contributed by atoms with Gasteiger partial charge in [-0.15, -0.1) is 0 Å². The summed E-state index contributed by atoms with van der Waals surface area (Å²) in [6.07, 6.45) is 6.06. The molecule has 0 fully saturated rings. The van der Waals surface area contributed by atoms with E-state index in [4.69, 9.17) is 20.0 Å². The third-order valence-electron chi connectivity index (χ3n) is 14.7. The molecule has 6 heterocycles. The van der Waals surface area contributed by atoms with Crippen LogP contribution in [0.4, 0.5) is 0 Å². The van der Waals surface area contributed by atoms with Gasteiger partial charge in [0.1, 0.15) is 5.54 Å². The smallest absolute Gasteiger partial charge is 0.234 e. The third kappa shape index (κ3) is 5.35. The van der Waals surface area contributed by atoms with E-state index in [0.29, 0.717) is 12.5 Å². The number of para-hydroxylation sites is 3. The number of aryl methyl sites for hydroxylation is 2. The lowest BCUT2D eigenvalue weighted by Crippen LogP contribution is -2.34. The Morgan fingerprint density at radius 1 is 0.515 bits per heavy atom. The molecule has 0 aliphatic carbocycles. The monoisotopic (exact) mass is 873 g/mol. The third-order valence-corrected chi connectivity index (χ3v) is 14.7. The molecule has 4 aromatic heterocycles. The van der Waals surface area contributed by atoms with Crippen molar-refractivity contribution >= 4 is 66.7 Å². The first-order chi connectivity index (χ1) is 33.6. The number of rotatable bonds is 5. The number of benzene rings is 8. The first-order valence-electron chi connectivity index (χ1n) is 23.4. The average molecular weight is 874 g/mol. The van der Waals surface area contributed by atoms with Gasteiger partial charge in [0, 0.05) is 62.6 Å². The molecule has 1 atom stereocenters. The first-order valence-corrected chi connectivity index (χ1v) is 23.4. The van der Waals surface area contributed by atoms with Crippen LogP contribution in [-0.2, 0) is 5.54 Å². The van der Waals surface area contributed by atoms with Crippen LogP contribution < -0.4 is 0 Å². The van der Waals surface area contributed by atoms with Gasteiger partial charge < -0.3 is 4.57 Å². The molecule has 0 saturated carbocycles. The summed E-state index contributed by atoms with van der Waals surface area (Å²) in [6.45, 7) is 5.08. The van der Waals surface area contributed by atoms with Crippen LogP contribution in [-0.4, -0.2) is 42.4 Å². The standard InChI is InChI=1S/C61H43N7/c1-38-16-15-27-56-57(38)49-23-11-14-26-54(49)67(56)60-64-36-43(37-65-60)41-28-30-48-51(33-41)61(44-17-5-3-6-18-44,45-19-7-4-8-20-45)68-55-31-29-40(32-50(55)39(2)58(48)68)42-34-62-59(63-35-42)66-52-24-12-9-21-46(52)47-22-10-13-25-53(47)66/h3-34,36-37,42H,35H2,1-2H3. The predicted octanol–water partition coefficient (Wildman–Crippen LogP) is 13.8. The predicted molar refractivity (Wildman–Crippen MR) is 279 cm³/mol. The fourth-order valence-electron chi connectivity index (χ4n) is 11.7. The maximum absolute atomic E-state index is 5.16. The van der Waals surface area contributed by atoms with Crippen molar-refractivity contribution in [1.29, 1.82) is 0 Å². The van der Waals surface area contributed by atoms with Crippen LogP contribution in [0.1, 0.15) is 39.3 Å². The molecule has 2 aliphatic heterocycles. The van der Waals surface area contributed by atoms with Gasteiger partial charge in [-0.05, 0) is 95.3 Å². The maximum Gasteiger partial charge on any atom is 0.234 e. The zero-order chi connectivity index (χ0) is 45.1. The van der Waals surface area contributed by atoms with Gasteiger partial charge in [0.05, 0.1) is 39.8 Å². The topological polar surface area (TPSA) is 65.3 Å². The van der Waals surface area contributed by atoms with Crippen molar-refractivity contribution in [3.05, 3.63) is 234 Å². The second-order valence-electron chi connectivity index (χ2n) is 18.3. The lowest BCUT2D eigenvalue weighted by Gasteiger charge is -2.35. The Balaban J connectivity index is 0.895. The maximum atomic E-state index is 5.16. The number of aromatic nitrogens is 5. The second-order valence-corrected chi connectivity index (χ2v) is 18.3. The van der Waals surface area contributed by atoms with Crippen LogP contribution in [0, 0.1) is 13.8 Å². The van der Waals surface area contributed by atoms with Gasteiger partial charge in [-0.2, -0.15) is 0 Å². The fourth-order valence-corrected chi connectivity index (χ4v) is 11.7. The van der Waals surface area contributed by atoms with Gasteiger partial charge in [-0.25, -0.2) is 20.0 Å². The molecule has 7 nitrogen and oxygen atoms in total. The summed E-state index contributed by atoms with van der Waals surface area (Å²) in [5.41, 5.74) is 16.7. The summed E-state index contributed by atoms with van der Waals surface area (Å²) in [5.74, 6) is 1.42. The molecule has 8 aromatic carbocycles. The minimum atomic E-state index is -0.674. The Morgan fingerprint density at radius 3 is 1.79 bits per heavy atom. The van der Waals surface area contributed by atoms with Gasteiger partial charge in [0.2, 0.25) is 11.9 Å². The Hall–Kier alpha value is -8.68. The molecular formula is C61H43N7. The highest BCUT2D eigenvalue weighted by atomic mass is 15.2. The van der Waals surface area contributed by atoms with Crippen molar-refractivity contribution in [1.82, 2.24) is 23.7 Å². The zero-order valence-corrected chi connectivity index (χ0v) is 37.5. The van der Waals surface area contributed by atoms with E-state index < -0.39 is 5.54 Å². The summed E-state index contributed by atoms with van der Waals surface area (Å²) < 4.78 is 7.00. The highest BCUT2D eigenvalue weighted by molar-refractivity contribution is 6.15. The van der Waals surface area contributed by atoms with Crippen molar-refractivity contribution in [3.63, 3.8) is 0 Å². The van der Waals surface area contributed by atoms with E-state index in [0.717, 1.165) is 39.2 Å². The Labute approximate surface area is 392 Å². The lowest BCUT2D eigenvalue weighted by molar-refractivity contribution is 0.561. The zero-order valence-electron chi connectivity index (χ0n) is 37.5. The molecule has 0 spiro atoms. The van der Waals surface area contributed by atoms with Crippen LogP contribution >= 0.6 is 0 Å². The van der Waals surface area contributed by atoms with Crippen LogP contribution in [0.3, 0.4) is 0 Å². The van der Waals surface area contributed by atoms with Gasteiger partial charge in [-0.1, -0.05) is 146 Å². The largest absolute Gasteiger partial charge is 0.322 e. The Kier molecular flexibility index (Phi) is 8.32. The van der Waals surface area contributed by atoms with Crippen molar-refractivity contribution in [2.75, 3.05) is 6.54 Å².